The fourth-order valence-electron chi connectivity index (χ4n) is 3.02. The van der Waals surface area contributed by atoms with Crippen LogP contribution in [-0.2, 0) is 9.63 Å². The third-order valence-electron chi connectivity index (χ3n) is 4.60. The summed E-state index contributed by atoms with van der Waals surface area (Å²) in [5.74, 6) is 0.462. The Balaban J connectivity index is 1.34. The van der Waals surface area contributed by atoms with E-state index in [9.17, 15) is 9.59 Å². The molecule has 1 saturated heterocycles. The standard InChI is InChI=1S/C15H18N4O4/c20-13(16-8-10-1-2-10)11-7-15(23-18-11)4-6-19(9-15)14(21)12-3-5-17-22-12/h3,5,10H,1-2,4,6-9H2,(H,16,20)/t15-/m1/s1. The zero-order valence-corrected chi connectivity index (χ0v) is 12.7. The van der Waals surface area contributed by atoms with Crippen molar-refractivity contribution in [2.24, 2.45) is 11.1 Å². The number of nitrogens with zero attached hydrogens (tertiary/aromatic N) is 3. The van der Waals surface area contributed by atoms with Crippen molar-refractivity contribution in [2.75, 3.05) is 19.6 Å². The Hall–Kier alpha value is -2.38. The molecule has 8 heteroatoms. The molecular weight excluding hydrogens is 300 g/mol. The monoisotopic (exact) mass is 318 g/mol. The second kappa shape index (κ2) is 5.36. The zero-order chi connectivity index (χ0) is 15.9. The first kappa shape index (κ1) is 14.2. The Bertz CT molecular complexity index is 652. The molecule has 8 nitrogen and oxygen atoms in total. The van der Waals surface area contributed by atoms with Gasteiger partial charge < -0.3 is 19.6 Å². The van der Waals surface area contributed by atoms with Crippen LogP contribution in [0.3, 0.4) is 0 Å². The van der Waals surface area contributed by atoms with Crippen LogP contribution >= 0.6 is 0 Å². The quantitative estimate of drug-likeness (QED) is 0.875. The van der Waals surface area contributed by atoms with Gasteiger partial charge in [0.2, 0.25) is 5.76 Å². The van der Waals surface area contributed by atoms with E-state index in [1.165, 1.54) is 25.1 Å². The van der Waals surface area contributed by atoms with Gasteiger partial charge in [-0.1, -0.05) is 10.3 Å². The third-order valence-corrected chi connectivity index (χ3v) is 4.60. The molecule has 0 unspecified atom stereocenters. The minimum absolute atomic E-state index is 0.159. The van der Waals surface area contributed by atoms with Gasteiger partial charge >= 0.3 is 0 Å². The van der Waals surface area contributed by atoms with Crippen LogP contribution < -0.4 is 5.32 Å². The number of hydrogen-bond donors (Lipinski definition) is 1. The van der Waals surface area contributed by atoms with Crippen LogP contribution in [0.2, 0.25) is 0 Å². The summed E-state index contributed by atoms with van der Waals surface area (Å²) in [4.78, 5) is 31.6. The lowest BCUT2D eigenvalue weighted by Crippen LogP contribution is -2.38. The molecular formula is C15H18N4O4. The van der Waals surface area contributed by atoms with Crippen molar-refractivity contribution >= 4 is 17.5 Å². The van der Waals surface area contributed by atoms with Crippen LogP contribution in [0, 0.1) is 5.92 Å². The van der Waals surface area contributed by atoms with Crippen LogP contribution in [-0.4, -0.2) is 52.8 Å². The molecule has 0 radical (unpaired) electrons. The smallest absolute Gasteiger partial charge is 0.292 e. The predicted molar refractivity (Wildman–Crippen MR) is 78.6 cm³/mol. The molecule has 2 fully saturated rings. The van der Waals surface area contributed by atoms with Crippen molar-refractivity contribution in [3.8, 4) is 0 Å². The van der Waals surface area contributed by atoms with Gasteiger partial charge in [-0.05, 0) is 18.8 Å². The van der Waals surface area contributed by atoms with Gasteiger partial charge in [-0.25, -0.2) is 0 Å². The molecule has 2 amide bonds. The molecule has 23 heavy (non-hydrogen) atoms. The van der Waals surface area contributed by atoms with Crippen LogP contribution in [0.5, 0.6) is 0 Å². The van der Waals surface area contributed by atoms with Gasteiger partial charge in [0.1, 0.15) is 5.71 Å². The van der Waals surface area contributed by atoms with Crippen molar-refractivity contribution in [3.05, 3.63) is 18.0 Å². The van der Waals surface area contributed by atoms with E-state index in [0.29, 0.717) is 44.1 Å². The van der Waals surface area contributed by atoms with Gasteiger partial charge in [-0.15, -0.1) is 0 Å². The number of hydrogen-bond acceptors (Lipinski definition) is 6. The Labute approximate surface area is 132 Å². The highest BCUT2D eigenvalue weighted by Gasteiger charge is 2.48. The van der Waals surface area contributed by atoms with Gasteiger partial charge in [0, 0.05) is 32.0 Å². The molecule has 2 aliphatic heterocycles. The van der Waals surface area contributed by atoms with E-state index in [2.05, 4.69) is 15.6 Å². The summed E-state index contributed by atoms with van der Waals surface area (Å²) in [6, 6.07) is 1.54. The fraction of sp³-hybridized carbons (Fsp3) is 0.600. The normalized spacial score (nSPS) is 26.3. The van der Waals surface area contributed by atoms with E-state index >= 15 is 0 Å². The van der Waals surface area contributed by atoms with Crippen molar-refractivity contribution in [2.45, 2.75) is 31.3 Å². The lowest BCUT2D eigenvalue weighted by Gasteiger charge is -2.20. The minimum atomic E-state index is -0.581. The first-order valence-electron chi connectivity index (χ1n) is 7.88. The van der Waals surface area contributed by atoms with Crippen molar-refractivity contribution < 1.29 is 18.9 Å². The summed E-state index contributed by atoms with van der Waals surface area (Å²) in [6.45, 7) is 1.66. The Morgan fingerprint density at radius 3 is 3.04 bits per heavy atom. The van der Waals surface area contributed by atoms with E-state index in [0.717, 1.165) is 0 Å². The number of nitrogens with one attached hydrogen (secondary N) is 1. The SMILES string of the molecule is O=C(NCC1CC1)C1=NO[C@]2(CCN(C(=O)c3ccno3)C2)C1. The maximum absolute atomic E-state index is 12.3. The largest absolute Gasteiger partial charge is 0.386 e. The molecule has 0 aromatic carbocycles. The summed E-state index contributed by atoms with van der Waals surface area (Å²) in [5.41, 5.74) is -0.165. The number of aromatic nitrogens is 1. The summed E-state index contributed by atoms with van der Waals surface area (Å²) in [6.07, 6.45) is 4.90. The van der Waals surface area contributed by atoms with E-state index < -0.39 is 5.60 Å². The van der Waals surface area contributed by atoms with Crippen molar-refractivity contribution in [1.29, 1.82) is 0 Å². The van der Waals surface area contributed by atoms with E-state index in [4.69, 9.17) is 9.36 Å². The molecule has 0 bridgehead atoms. The number of carbonyl (C=O) groups excluding carboxylic acids is 2. The first-order valence-corrected chi connectivity index (χ1v) is 7.88. The number of oxime groups is 1. The molecule has 1 saturated carbocycles. The van der Waals surface area contributed by atoms with Crippen LogP contribution in [0.15, 0.2) is 21.9 Å². The highest BCUT2D eigenvalue weighted by atomic mass is 16.7. The average molecular weight is 318 g/mol. The minimum Gasteiger partial charge on any atom is -0.386 e. The van der Waals surface area contributed by atoms with E-state index in [-0.39, 0.29) is 17.6 Å². The fourth-order valence-corrected chi connectivity index (χ4v) is 3.02. The lowest BCUT2D eigenvalue weighted by atomic mass is 9.96. The molecule has 1 aromatic rings. The topological polar surface area (TPSA) is 97.0 Å². The molecule has 1 aromatic heterocycles. The predicted octanol–water partition coefficient (Wildman–Crippen LogP) is 0.562. The summed E-state index contributed by atoms with van der Waals surface area (Å²) in [7, 11) is 0. The highest BCUT2D eigenvalue weighted by molar-refractivity contribution is 6.39. The number of carbonyl (C=O) groups is 2. The Morgan fingerprint density at radius 2 is 2.30 bits per heavy atom. The molecule has 3 aliphatic rings. The molecule has 1 aliphatic carbocycles. The van der Waals surface area contributed by atoms with Gasteiger partial charge in [-0.3, -0.25) is 9.59 Å². The number of amides is 2. The second-order valence-electron chi connectivity index (χ2n) is 6.50. The van der Waals surface area contributed by atoms with E-state index in [1.54, 1.807) is 4.90 Å². The van der Waals surface area contributed by atoms with Crippen LogP contribution in [0.1, 0.15) is 36.2 Å². The van der Waals surface area contributed by atoms with Crippen molar-refractivity contribution in [3.63, 3.8) is 0 Å². The third kappa shape index (κ3) is 2.80. The molecule has 3 heterocycles. The molecule has 4 rings (SSSR count). The van der Waals surface area contributed by atoms with Crippen LogP contribution in [0.4, 0.5) is 0 Å². The highest BCUT2D eigenvalue weighted by Crippen LogP contribution is 2.34. The number of likely N-dealkylation sites (tertiary alicyclic amines) is 1. The first-order chi connectivity index (χ1) is 11.2. The van der Waals surface area contributed by atoms with Crippen LogP contribution in [0.25, 0.3) is 0 Å². The Morgan fingerprint density at radius 1 is 1.43 bits per heavy atom. The van der Waals surface area contributed by atoms with Gasteiger partial charge in [0.15, 0.2) is 5.60 Å². The molecule has 1 spiro atoms. The van der Waals surface area contributed by atoms with Gasteiger partial charge in [-0.2, -0.15) is 0 Å². The Kier molecular flexibility index (Phi) is 3.32. The summed E-state index contributed by atoms with van der Waals surface area (Å²) < 4.78 is 4.90. The van der Waals surface area contributed by atoms with E-state index in [1.807, 2.05) is 0 Å². The van der Waals surface area contributed by atoms with Gasteiger partial charge in [0.25, 0.3) is 11.8 Å². The number of rotatable bonds is 4. The van der Waals surface area contributed by atoms with Gasteiger partial charge in [0.05, 0.1) is 12.7 Å². The average Bonchev–Trinajstić information content (AvgIpc) is 3.00. The summed E-state index contributed by atoms with van der Waals surface area (Å²) in [5, 5.41) is 10.4. The zero-order valence-electron chi connectivity index (χ0n) is 12.7. The molecule has 1 atom stereocenters. The van der Waals surface area contributed by atoms with Crippen molar-refractivity contribution in [1.82, 2.24) is 15.4 Å². The maximum Gasteiger partial charge on any atom is 0.292 e. The molecule has 1 N–H and O–H groups in total. The maximum atomic E-state index is 12.3. The summed E-state index contributed by atoms with van der Waals surface area (Å²) >= 11 is 0. The lowest BCUT2D eigenvalue weighted by molar-refractivity contribution is -0.115. The second-order valence-corrected chi connectivity index (χ2v) is 6.50. The molecule has 122 valence electrons.